The van der Waals surface area contributed by atoms with Crippen molar-refractivity contribution in [2.24, 2.45) is 0 Å². The lowest BCUT2D eigenvalue weighted by Crippen LogP contribution is -2.10. The molecular formula is C29H25NS. The summed E-state index contributed by atoms with van der Waals surface area (Å²) in [6.07, 6.45) is 1.90. The Morgan fingerprint density at radius 2 is 1.29 bits per heavy atom. The molecule has 31 heavy (non-hydrogen) atoms. The summed E-state index contributed by atoms with van der Waals surface area (Å²) in [5.74, 6) is 0. The summed E-state index contributed by atoms with van der Waals surface area (Å²) in [5.41, 5.74) is 4.98. The van der Waals surface area contributed by atoms with Crippen molar-refractivity contribution in [3.05, 3.63) is 103 Å². The van der Waals surface area contributed by atoms with E-state index in [0.717, 1.165) is 5.52 Å². The highest BCUT2D eigenvalue weighted by Gasteiger charge is 2.17. The number of hydrogen-bond acceptors (Lipinski definition) is 2. The van der Waals surface area contributed by atoms with Gasteiger partial charge < -0.3 is 0 Å². The first kappa shape index (κ1) is 19.8. The molecule has 1 nitrogen and oxygen atoms in total. The summed E-state index contributed by atoms with van der Waals surface area (Å²) >= 11 is 1.83. The summed E-state index contributed by atoms with van der Waals surface area (Å²) in [6, 6.07) is 32.5. The zero-order valence-electron chi connectivity index (χ0n) is 18.1. The highest BCUT2D eigenvalue weighted by molar-refractivity contribution is 7.99. The molecule has 1 aromatic heterocycles. The Kier molecular flexibility index (Phi) is 5.03. The van der Waals surface area contributed by atoms with Crippen LogP contribution in [0, 0.1) is 0 Å². The van der Waals surface area contributed by atoms with Crippen LogP contribution < -0.4 is 0 Å². The van der Waals surface area contributed by atoms with Gasteiger partial charge in [-0.25, -0.2) is 0 Å². The average Bonchev–Trinajstić information content (AvgIpc) is 2.79. The number of nitrogens with zero attached hydrogens (tertiary/aromatic N) is 1. The number of fused-ring (bicyclic) bond motifs is 2. The molecule has 0 fully saturated rings. The van der Waals surface area contributed by atoms with Crippen LogP contribution in [0.2, 0.25) is 0 Å². The summed E-state index contributed by atoms with van der Waals surface area (Å²) in [6.45, 7) is 6.76. The topological polar surface area (TPSA) is 12.9 Å². The van der Waals surface area contributed by atoms with Crippen LogP contribution in [-0.4, -0.2) is 4.98 Å². The van der Waals surface area contributed by atoms with Crippen molar-refractivity contribution in [3.63, 3.8) is 0 Å². The molecule has 0 radical (unpaired) electrons. The van der Waals surface area contributed by atoms with Crippen LogP contribution in [0.3, 0.4) is 0 Å². The van der Waals surface area contributed by atoms with E-state index < -0.39 is 0 Å². The highest BCUT2D eigenvalue weighted by atomic mass is 32.2. The SMILES string of the molecule is CC(C)(C)c1ccc(Sc2c3ccccc3c(-c3ccccc3)c3ncccc23)cc1. The molecule has 2 heteroatoms. The first-order valence-corrected chi connectivity index (χ1v) is 11.5. The molecule has 0 bridgehead atoms. The van der Waals surface area contributed by atoms with Gasteiger partial charge in [-0.1, -0.05) is 105 Å². The fraction of sp³-hybridized carbons (Fsp3) is 0.138. The molecule has 0 saturated carbocycles. The fourth-order valence-electron chi connectivity index (χ4n) is 4.11. The molecule has 5 rings (SSSR count). The molecule has 5 aromatic rings. The van der Waals surface area contributed by atoms with Crippen molar-refractivity contribution in [1.82, 2.24) is 4.98 Å². The van der Waals surface area contributed by atoms with Crippen LogP contribution in [-0.2, 0) is 5.41 Å². The van der Waals surface area contributed by atoms with Gasteiger partial charge in [0, 0.05) is 26.9 Å². The van der Waals surface area contributed by atoms with Crippen LogP contribution in [0.5, 0.6) is 0 Å². The number of hydrogen-bond donors (Lipinski definition) is 0. The molecule has 0 aliphatic carbocycles. The lowest BCUT2D eigenvalue weighted by Gasteiger charge is -2.19. The summed E-state index contributed by atoms with van der Waals surface area (Å²) in [7, 11) is 0. The Balaban J connectivity index is 1.74. The summed E-state index contributed by atoms with van der Waals surface area (Å²) in [5, 5.41) is 3.71. The zero-order chi connectivity index (χ0) is 21.4. The maximum Gasteiger partial charge on any atom is 0.0798 e. The van der Waals surface area contributed by atoms with Crippen molar-refractivity contribution in [3.8, 4) is 11.1 Å². The van der Waals surface area contributed by atoms with Gasteiger partial charge in [0.2, 0.25) is 0 Å². The molecular weight excluding hydrogens is 394 g/mol. The molecule has 0 unspecified atom stereocenters. The standard InChI is InChI=1S/C29H25NS/c1-29(2,3)21-15-17-22(18-16-21)31-28-24-13-8-7-12-23(24)26(20-10-5-4-6-11-20)27-25(28)14-9-19-30-27/h4-19H,1-3H3. The Hall–Kier alpha value is -3.10. The predicted molar refractivity (Wildman–Crippen MR) is 134 cm³/mol. The average molecular weight is 420 g/mol. The predicted octanol–water partition coefficient (Wildman–Crippen LogP) is 8.50. The molecule has 1 heterocycles. The van der Waals surface area contributed by atoms with E-state index in [1.54, 1.807) is 0 Å². The van der Waals surface area contributed by atoms with Gasteiger partial charge in [0.05, 0.1) is 5.52 Å². The molecule has 0 amide bonds. The van der Waals surface area contributed by atoms with Gasteiger partial charge in [0.15, 0.2) is 0 Å². The van der Waals surface area contributed by atoms with Crippen LogP contribution in [0.15, 0.2) is 107 Å². The molecule has 0 N–H and O–H groups in total. The summed E-state index contributed by atoms with van der Waals surface area (Å²) in [4.78, 5) is 7.35. The lowest BCUT2D eigenvalue weighted by molar-refractivity contribution is 0.590. The number of aromatic nitrogens is 1. The zero-order valence-corrected chi connectivity index (χ0v) is 18.9. The highest BCUT2D eigenvalue weighted by Crippen LogP contribution is 2.44. The van der Waals surface area contributed by atoms with E-state index in [1.807, 2.05) is 24.0 Å². The van der Waals surface area contributed by atoms with E-state index in [9.17, 15) is 0 Å². The van der Waals surface area contributed by atoms with Gasteiger partial charge in [-0.2, -0.15) is 0 Å². The summed E-state index contributed by atoms with van der Waals surface area (Å²) < 4.78 is 0. The van der Waals surface area contributed by atoms with Crippen molar-refractivity contribution < 1.29 is 0 Å². The van der Waals surface area contributed by atoms with Crippen LogP contribution >= 0.6 is 11.8 Å². The molecule has 0 saturated heterocycles. The van der Waals surface area contributed by atoms with Gasteiger partial charge in [0.25, 0.3) is 0 Å². The Bertz CT molecular complexity index is 1310. The van der Waals surface area contributed by atoms with Crippen LogP contribution in [0.4, 0.5) is 0 Å². The smallest absolute Gasteiger partial charge is 0.0798 e. The van der Waals surface area contributed by atoms with Gasteiger partial charge in [0.1, 0.15) is 0 Å². The normalized spacial score (nSPS) is 11.8. The van der Waals surface area contributed by atoms with Crippen molar-refractivity contribution >= 4 is 33.4 Å². The van der Waals surface area contributed by atoms with Gasteiger partial charge in [-0.3, -0.25) is 4.98 Å². The molecule has 0 aliphatic heterocycles. The third-order valence-corrected chi connectivity index (χ3v) is 6.88. The van der Waals surface area contributed by atoms with Gasteiger partial charge in [-0.05, 0) is 45.5 Å². The molecule has 0 spiro atoms. The van der Waals surface area contributed by atoms with Crippen molar-refractivity contribution in [2.75, 3.05) is 0 Å². The largest absolute Gasteiger partial charge is 0.256 e. The Labute approximate surface area is 188 Å². The molecule has 152 valence electrons. The fourth-order valence-corrected chi connectivity index (χ4v) is 5.18. The maximum atomic E-state index is 4.84. The molecule has 0 atom stereocenters. The third-order valence-electron chi connectivity index (χ3n) is 5.73. The lowest BCUT2D eigenvalue weighted by atomic mass is 9.87. The van der Waals surface area contributed by atoms with Crippen LogP contribution in [0.1, 0.15) is 26.3 Å². The quantitative estimate of drug-likeness (QED) is 0.272. The minimum Gasteiger partial charge on any atom is -0.256 e. The first-order chi connectivity index (χ1) is 15.0. The third kappa shape index (κ3) is 3.73. The van der Waals surface area contributed by atoms with E-state index in [0.29, 0.717) is 0 Å². The number of pyridine rings is 1. The second-order valence-electron chi connectivity index (χ2n) is 8.89. The number of benzene rings is 4. The maximum absolute atomic E-state index is 4.84. The monoisotopic (exact) mass is 419 g/mol. The first-order valence-electron chi connectivity index (χ1n) is 10.7. The van der Waals surface area contributed by atoms with E-state index in [1.165, 1.54) is 42.6 Å². The second-order valence-corrected chi connectivity index (χ2v) is 9.98. The Morgan fingerprint density at radius 3 is 2.00 bits per heavy atom. The van der Waals surface area contributed by atoms with Crippen molar-refractivity contribution in [2.45, 2.75) is 36.0 Å². The second kappa shape index (κ2) is 7.86. The van der Waals surface area contributed by atoms with E-state index >= 15 is 0 Å². The van der Waals surface area contributed by atoms with E-state index in [2.05, 4.69) is 106 Å². The Morgan fingerprint density at radius 1 is 0.645 bits per heavy atom. The van der Waals surface area contributed by atoms with E-state index in [4.69, 9.17) is 4.98 Å². The van der Waals surface area contributed by atoms with Crippen LogP contribution in [0.25, 0.3) is 32.8 Å². The van der Waals surface area contributed by atoms with Gasteiger partial charge >= 0.3 is 0 Å². The molecule has 0 aliphatic rings. The minimum atomic E-state index is 0.157. The van der Waals surface area contributed by atoms with E-state index in [-0.39, 0.29) is 5.41 Å². The molecule has 4 aromatic carbocycles. The van der Waals surface area contributed by atoms with Gasteiger partial charge in [-0.15, -0.1) is 0 Å². The number of rotatable bonds is 3. The minimum absolute atomic E-state index is 0.157. The van der Waals surface area contributed by atoms with Crippen molar-refractivity contribution in [1.29, 1.82) is 0 Å².